The lowest BCUT2D eigenvalue weighted by Gasteiger charge is -2.30. The van der Waals surface area contributed by atoms with E-state index in [9.17, 15) is 9.59 Å². The summed E-state index contributed by atoms with van der Waals surface area (Å²) in [6.45, 7) is 0. The average Bonchev–Trinajstić information content (AvgIpc) is 1.81. The molecule has 1 heterocycles. The molecular formula is C4H7N3O2. The van der Waals surface area contributed by atoms with E-state index in [1.54, 1.807) is 0 Å². The number of hydrogen-bond acceptors (Lipinski definition) is 3. The van der Waals surface area contributed by atoms with Crippen molar-refractivity contribution in [3.63, 3.8) is 0 Å². The van der Waals surface area contributed by atoms with Crippen molar-refractivity contribution < 1.29 is 9.59 Å². The van der Waals surface area contributed by atoms with Crippen LogP contribution in [0.4, 0.5) is 0 Å². The topological polar surface area (TPSA) is 98.2 Å². The molecule has 9 heavy (non-hydrogen) atoms. The molecule has 1 aliphatic rings. The smallest absolute Gasteiger partial charge is 0.242 e. The molecule has 50 valence electrons. The first-order valence-electron chi connectivity index (χ1n) is 2.48. The summed E-state index contributed by atoms with van der Waals surface area (Å²) in [6.07, 6.45) is 0. The van der Waals surface area contributed by atoms with Crippen molar-refractivity contribution >= 4 is 11.8 Å². The molecule has 2 atom stereocenters. The summed E-state index contributed by atoms with van der Waals surface area (Å²) >= 11 is 0. The minimum atomic E-state index is -0.734. The molecule has 1 aliphatic heterocycles. The van der Waals surface area contributed by atoms with Crippen LogP contribution in [-0.2, 0) is 9.59 Å². The van der Waals surface area contributed by atoms with Crippen LogP contribution < -0.4 is 16.8 Å². The Labute approximate surface area is 51.4 Å². The molecule has 5 heteroatoms. The first kappa shape index (κ1) is 6.03. The highest BCUT2D eigenvalue weighted by atomic mass is 16.2. The van der Waals surface area contributed by atoms with E-state index in [1.807, 2.05) is 0 Å². The van der Waals surface area contributed by atoms with Crippen LogP contribution in [0, 0.1) is 0 Å². The molecule has 0 aromatic heterocycles. The van der Waals surface area contributed by atoms with Gasteiger partial charge in [-0.15, -0.1) is 0 Å². The lowest BCUT2D eigenvalue weighted by atomic mass is 10.0. The second-order valence-electron chi connectivity index (χ2n) is 1.91. The number of nitrogens with two attached hydrogens (primary N) is 2. The maximum absolute atomic E-state index is 10.3. The zero-order valence-electron chi connectivity index (χ0n) is 4.63. The predicted molar refractivity (Wildman–Crippen MR) is 29.1 cm³/mol. The van der Waals surface area contributed by atoms with Crippen molar-refractivity contribution in [3.8, 4) is 0 Å². The number of hydrogen-bond donors (Lipinski definition) is 3. The monoisotopic (exact) mass is 129 g/mol. The molecule has 2 amide bonds. The van der Waals surface area contributed by atoms with Gasteiger partial charge in [0.25, 0.3) is 0 Å². The fourth-order valence-electron chi connectivity index (χ4n) is 0.643. The van der Waals surface area contributed by atoms with Gasteiger partial charge in [0.05, 0.1) is 0 Å². The summed E-state index contributed by atoms with van der Waals surface area (Å²) in [5.74, 6) is -0.902. The van der Waals surface area contributed by atoms with E-state index in [0.717, 1.165) is 0 Å². The molecule has 0 aromatic rings. The van der Waals surface area contributed by atoms with E-state index in [4.69, 9.17) is 11.5 Å². The molecule has 5 nitrogen and oxygen atoms in total. The highest BCUT2D eigenvalue weighted by Gasteiger charge is 2.39. The van der Waals surface area contributed by atoms with Gasteiger partial charge in [0.1, 0.15) is 12.1 Å². The van der Waals surface area contributed by atoms with Gasteiger partial charge in [-0.1, -0.05) is 0 Å². The molecule has 0 aliphatic carbocycles. The molecular weight excluding hydrogens is 122 g/mol. The molecule has 0 bridgehead atoms. The minimum Gasteiger partial charge on any atom is -0.368 e. The first-order valence-corrected chi connectivity index (χ1v) is 2.48. The minimum absolute atomic E-state index is 0.321. The average molecular weight is 129 g/mol. The van der Waals surface area contributed by atoms with Crippen molar-refractivity contribution in [2.45, 2.75) is 12.1 Å². The zero-order chi connectivity index (χ0) is 7.02. The second kappa shape index (κ2) is 1.70. The number of nitrogens with one attached hydrogen (secondary N) is 1. The largest absolute Gasteiger partial charge is 0.368 e. The number of carbonyl (C=O) groups excluding carboxylic acids is 2. The number of carbonyl (C=O) groups is 2. The first-order chi connectivity index (χ1) is 4.13. The van der Waals surface area contributed by atoms with E-state index in [0.29, 0.717) is 0 Å². The number of β-lactam (4-membered cyclic amide) rings is 1. The van der Waals surface area contributed by atoms with Gasteiger partial charge in [0, 0.05) is 0 Å². The maximum atomic E-state index is 10.3. The summed E-state index contributed by atoms with van der Waals surface area (Å²) < 4.78 is 0. The van der Waals surface area contributed by atoms with Gasteiger partial charge in [-0.05, 0) is 0 Å². The van der Waals surface area contributed by atoms with Crippen LogP contribution in [0.25, 0.3) is 0 Å². The van der Waals surface area contributed by atoms with Crippen molar-refractivity contribution in [1.82, 2.24) is 5.32 Å². The van der Waals surface area contributed by atoms with E-state index < -0.39 is 18.0 Å². The van der Waals surface area contributed by atoms with Crippen molar-refractivity contribution in [1.29, 1.82) is 0 Å². The Morgan fingerprint density at radius 1 is 1.67 bits per heavy atom. The lowest BCUT2D eigenvalue weighted by molar-refractivity contribution is -0.137. The van der Waals surface area contributed by atoms with Crippen LogP contribution in [0.1, 0.15) is 0 Å². The summed E-state index contributed by atoms with van der Waals surface area (Å²) in [6, 6.07) is -1.39. The third kappa shape index (κ3) is 0.746. The quantitative estimate of drug-likeness (QED) is 0.336. The molecule has 0 unspecified atom stereocenters. The summed E-state index contributed by atoms with van der Waals surface area (Å²) in [5.41, 5.74) is 9.97. The SMILES string of the molecule is NC(=O)[C@H]1NC(=O)[C@H]1N. The van der Waals surface area contributed by atoms with Crippen LogP contribution in [0.2, 0.25) is 0 Å². The predicted octanol–water partition coefficient (Wildman–Crippen LogP) is -2.70. The van der Waals surface area contributed by atoms with Gasteiger partial charge in [0.2, 0.25) is 11.8 Å². The number of primary amides is 1. The van der Waals surface area contributed by atoms with Gasteiger partial charge in [0.15, 0.2) is 0 Å². The van der Waals surface area contributed by atoms with Crippen molar-refractivity contribution in [2.75, 3.05) is 0 Å². The van der Waals surface area contributed by atoms with Crippen LogP contribution in [0.15, 0.2) is 0 Å². The third-order valence-electron chi connectivity index (χ3n) is 1.27. The Morgan fingerprint density at radius 2 is 2.22 bits per heavy atom. The highest BCUT2D eigenvalue weighted by molar-refractivity contribution is 6.00. The van der Waals surface area contributed by atoms with E-state index in [2.05, 4.69) is 5.32 Å². The van der Waals surface area contributed by atoms with Crippen LogP contribution in [0.3, 0.4) is 0 Å². The van der Waals surface area contributed by atoms with E-state index in [1.165, 1.54) is 0 Å². The zero-order valence-corrected chi connectivity index (χ0v) is 4.63. The van der Waals surface area contributed by atoms with Crippen molar-refractivity contribution in [3.05, 3.63) is 0 Å². The van der Waals surface area contributed by atoms with Gasteiger partial charge in [-0.2, -0.15) is 0 Å². The van der Waals surface area contributed by atoms with Gasteiger partial charge < -0.3 is 16.8 Å². The molecule has 0 aromatic carbocycles. The Bertz CT molecular complexity index is 167. The Balaban J connectivity index is 2.51. The van der Waals surface area contributed by atoms with E-state index >= 15 is 0 Å². The fourth-order valence-corrected chi connectivity index (χ4v) is 0.643. The number of rotatable bonds is 1. The molecule has 1 fully saturated rings. The van der Waals surface area contributed by atoms with Gasteiger partial charge >= 0.3 is 0 Å². The van der Waals surface area contributed by atoms with Crippen LogP contribution in [0.5, 0.6) is 0 Å². The Hall–Kier alpha value is -1.10. The summed E-state index contributed by atoms with van der Waals surface area (Å²) in [7, 11) is 0. The molecule has 1 saturated heterocycles. The standard InChI is InChI=1S/C4H7N3O2/c5-1-2(3(6)8)7-4(1)9/h1-2H,5H2,(H2,6,8)(H,7,9)/t1-,2-/m0/s1. The van der Waals surface area contributed by atoms with Crippen LogP contribution >= 0.6 is 0 Å². The number of amides is 2. The fraction of sp³-hybridized carbons (Fsp3) is 0.500. The highest BCUT2D eigenvalue weighted by Crippen LogP contribution is 2.00. The summed E-state index contributed by atoms with van der Waals surface area (Å²) in [5, 5.41) is 2.25. The Kier molecular flexibility index (Phi) is 1.14. The Morgan fingerprint density at radius 3 is 2.33 bits per heavy atom. The van der Waals surface area contributed by atoms with E-state index in [-0.39, 0.29) is 5.91 Å². The second-order valence-corrected chi connectivity index (χ2v) is 1.91. The molecule has 0 saturated carbocycles. The van der Waals surface area contributed by atoms with Gasteiger partial charge in [-0.25, -0.2) is 0 Å². The van der Waals surface area contributed by atoms with Gasteiger partial charge in [-0.3, -0.25) is 9.59 Å². The molecule has 5 N–H and O–H groups in total. The normalized spacial score (nSPS) is 32.8. The summed E-state index contributed by atoms with van der Waals surface area (Å²) in [4.78, 5) is 20.6. The van der Waals surface area contributed by atoms with Crippen LogP contribution in [-0.4, -0.2) is 23.9 Å². The van der Waals surface area contributed by atoms with Crippen molar-refractivity contribution in [2.24, 2.45) is 11.5 Å². The third-order valence-corrected chi connectivity index (χ3v) is 1.27. The lowest BCUT2D eigenvalue weighted by Crippen LogP contribution is -2.71. The molecule has 0 spiro atoms. The molecule has 0 radical (unpaired) electrons. The maximum Gasteiger partial charge on any atom is 0.242 e. The molecule has 1 rings (SSSR count).